The molecule has 1 fully saturated rings. The summed E-state index contributed by atoms with van der Waals surface area (Å²) in [5, 5.41) is 8.78. The van der Waals surface area contributed by atoms with Crippen LogP contribution in [0.3, 0.4) is 0 Å². The monoisotopic (exact) mass is 290 g/mol. The van der Waals surface area contributed by atoms with E-state index >= 15 is 0 Å². The van der Waals surface area contributed by atoms with E-state index in [1.54, 1.807) is 18.3 Å². The molecule has 2 rings (SSSR count). The van der Waals surface area contributed by atoms with Crippen LogP contribution in [0, 0.1) is 0 Å². The number of hydrogen-bond acceptors (Lipinski definition) is 4. The minimum absolute atomic E-state index is 0.00619. The number of aromatic nitrogens is 1. The first-order chi connectivity index (χ1) is 10.2. The first-order valence-corrected chi connectivity index (χ1v) is 7.47. The third kappa shape index (κ3) is 5.06. The Morgan fingerprint density at radius 1 is 1.33 bits per heavy atom. The van der Waals surface area contributed by atoms with Crippen molar-refractivity contribution in [1.29, 1.82) is 0 Å². The molecule has 0 radical (unpaired) electrons. The van der Waals surface area contributed by atoms with Gasteiger partial charge in [0.15, 0.2) is 0 Å². The second-order valence-electron chi connectivity index (χ2n) is 5.17. The number of carbonyl (C=O) groups is 2. The number of carbonyl (C=O) groups excluding carboxylic acids is 2. The zero-order valence-corrected chi connectivity index (χ0v) is 12.3. The Hall–Kier alpha value is -2.11. The molecule has 2 amide bonds. The van der Waals surface area contributed by atoms with Crippen molar-refractivity contribution in [3.05, 3.63) is 23.9 Å². The van der Waals surface area contributed by atoms with Gasteiger partial charge in [0.25, 0.3) is 5.91 Å². The van der Waals surface area contributed by atoms with Gasteiger partial charge in [-0.2, -0.15) is 0 Å². The van der Waals surface area contributed by atoms with Crippen molar-refractivity contribution in [3.8, 4) is 0 Å². The van der Waals surface area contributed by atoms with E-state index in [1.165, 1.54) is 0 Å². The minimum Gasteiger partial charge on any atom is -0.369 e. The van der Waals surface area contributed by atoms with Crippen molar-refractivity contribution in [2.24, 2.45) is 0 Å². The normalized spacial score (nSPS) is 13.6. The molecule has 1 saturated carbocycles. The lowest BCUT2D eigenvalue weighted by molar-refractivity contribution is -0.121. The van der Waals surface area contributed by atoms with Crippen LogP contribution in [0.15, 0.2) is 18.3 Å². The summed E-state index contributed by atoms with van der Waals surface area (Å²) in [7, 11) is 0. The van der Waals surface area contributed by atoms with Gasteiger partial charge in [0.05, 0.1) is 5.56 Å². The Kier molecular flexibility index (Phi) is 5.54. The molecule has 114 valence electrons. The number of nitrogens with zero attached hydrogens (tertiary/aromatic N) is 1. The number of anilines is 1. The first-order valence-electron chi connectivity index (χ1n) is 7.47. The topological polar surface area (TPSA) is 83.1 Å². The highest BCUT2D eigenvalue weighted by atomic mass is 16.2. The number of hydrogen-bond donors (Lipinski definition) is 3. The third-order valence-electron chi connectivity index (χ3n) is 3.17. The Balaban J connectivity index is 1.80. The standard InChI is InChI=1S/C15H22N4O2/c1-2-8-16-14-12(4-3-9-17-14)15(21)18-10-7-13(20)19-11-5-6-11/h3-4,9,11H,2,5-8,10H2,1H3,(H,16,17)(H,18,21)(H,19,20). The van der Waals surface area contributed by atoms with Crippen LogP contribution in [0.1, 0.15) is 43.0 Å². The van der Waals surface area contributed by atoms with Gasteiger partial charge in [-0.15, -0.1) is 0 Å². The number of amides is 2. The molecule has 3 N–H and O–H groups in total. The molecular formula is C15H22N4O2. The fraction of sp³-hybridized carbons (Fsp3) is 0.533. The molecule has 0 aromatic carbocycles. The van der Waals surface area contributed by atoms with Crippen LogP contribution >= 0.6 is 0 Å². The summed E-state index contributed by atoms with van der Waals surface area (Å²) in [5.41, 5.74) is 0.508. The summed E-state index contributed by atoms with van der Waals surface area (Å²) in [6, 6.07) is 3.81. The van der Waals surface area contributed by atoms with Crippen molar-refractivity contribution >= 4 is 17.6 Å². The third-order valence-corrected chi connectivity index (χ3v) is 3.17. The average Bonchev–Trinajstić information content (AvgIpc) is 3.29. The van der Waals surface area contributed by atoms with Gasteiger partial charge in [0, 0.05) is 31.7 Å². The molecule has 21 heavy (non-hydrogen) atoms. The molecule has 1 aliphatic rings. The van der Waals surface area contributed by atoms with Crippen LogP contribution in [0.4, 0.5) is 5.82 Å². The summed E-state index contributed by atoms with van der Waals surface area (Å²) in [6.45, 7) is 3.15. The molecule has 0 bridgehead atoms. The molecule has 0 aliphatic heterocycles. The van der Waals surface area contributed by atoms with E-state index in [9.17, 15) is 9.59 Å². The predicted molar refractivity (Wildman–Crippen MR) is 81.1 cm³/mol. The molecule has 0 atom stereocenters. The molecule has 1 aromatic rings. The second-order valence-corrected chi connectivity index (χ2v) is 5.17. The fourth-order valence-electron chi connectivity index (χ4n) is 1.89. The largest absolute Gasteiger partial charge is 0.369 e. The Labute approximate surface area is 124 Å². The van der Waals surface area contributed by atoms with Gasteiger partial charge >= 0.3 is 0 Å². The zero-order chi connectivity index (χ0) is 15.1. The smallest absolute Gasteiger partial charge is 0.255 e. The van der Waals surface area contributed by atoms with Crippen molar-refractivity contribution < 1.29 is 9.59 Å². The molecule has 0 unspecified atom stereocenters. The highest BCUT2D eigenvalue weighted by Crippen LogP contribution is 2.18. The van der Waals surface area contributed by atoms with E-state index in [4.69, 9.17) is 0 Å². The summed E-state index contributed by atoms with van der Waals surface area (Å²) in [5.74, 6) is 0.369. The van der Waals surface area contributed by atoms with E-state index in [2.05, 4.69) is 20.9 Å². The van der Waals surface area contributed by atoms with E-state index in [0.29, 0.717) is 30.4 Å². The molecule has 0 spiro atoms. The van der Waals surface area contributed by atoms with Crippen LogP contribution < -0.4 is 16.0 Å². The lowest BCUT2D eigenvalue weighted by Crippen LogP contribution is -2.32. The van der Waals surface area contributed by atoms with Gasteiger partial charge in [0.2, 0.25) is 5.91 Å². The maximum absolute atomic E-state index is 12.1. The highest BCUT2D eigenvalue weighted by Gasteiger charge is 2.22. The fourth-order valence-corrected chi connectivity index (χ4v) is 1.89. The van der Waals surface area contributed by atoms with Crippen LogP contribution in [0.25, 0.3) is 0 Å². The molecule has 1 aromatic heterocycles. The Morgan fingerprint density at radius 2 is 2.14 bits per heavy atom. The molecule has 0 saturated heterocycles. The molecule has 6 heteroatoms. The van der Waals surface area contributed by atoms with E-state index in [-0.39, 0.29) is 11.8 Å². The zero-order valence-electron chi connectivity index (χ0n) is 12.3. The van der Waals surface area contributed by atoms with E-state index in [1.807, 2.05) is 6.92 Å². The van der Waals surface area contributed by atoms with Gasteiger partial charge in [-0.1, -0.05) is 6.92 Å². The van der Waals surface area contributed by atoms with Gasteiger partial charge in [0.1, 0.15) is 5.82 Å². The molecule has 6 nitrogen and oxygen atoms in total. The number of nitrogens with one attached hydrogen (secondary N) is 3. The summed E-state index contributed by atoms with van der Waals surface area (Å²) in [6.07, 6.45) is 5.05. The highest BCUT2D eigenvalue weighted by molar-refractivity contribution is 5.98. The predicted octanol–water partition coefficient (Wildman–Crippen LogP) is 1.30. The summed E-state index contributed by atoms with van der Waals surface area (Å²) in [4.78, 5) is 27.8. The maximum Gasteiger partial charge on any atom is 0.255 e. The van der Waals surface area contributed by atoms with Crippen LogP contribution in [0.2, 0.25) is 0 Å². The van der Waals surface area contributed by atoms with Crippen molar-refractivity contribution in [1.82, 2.24) is 15.6 Å². The number of pyridine rings is 1. The van der Waals surface area contributed by atoms with Gasteiger partial charge in [-0.05, 0) is 31.4 Å². The maximum atomic E-state index is 12.1. The summed E-state index contributed by atoms with van der Waals surface area (Å²) >= 11 is 0. The quantitative estimate of drug-likeness (QED) is 0.674. The number of rotatable bonds is 8. The summed E-state index contributed by atoms with van der Waals surface area (Å²) < 4.78 is 0. The van der Waals surface area contributed by atoms with E-state index in [0.717, 1.165) is 25.8 Å². The van der Waals surface area contributed by atoms with Crippen molar-refractivity contribution in [2.75, 3.05) is 18.4 Å². The molecule has 1 heterocycles. The van der Waals surface area contributed by atoms with E-state index < -0.39 is 0 Å². The Bertz CT molecular complexity index is 500. The minimum atomic E-state index is -0.207. The Morgan fingerprint density at radius 3 is 2.86 bits per heavy atom. The molecular weight excluding hydrogens is 268 g/mol. The molecule has 1 aliphatic carbocycles. The van der Waals surface area contributed by atoms with Gasteiger partial charge in [-0.3, -0.25) is 9.59 Å². The second kappa shape index (κ2) is 7.61. The van der Waals surface area contributed by atoms with Gasteiger partial charge in [-0.25, -0.2) is 4.98 Å². The van der Waals surface area contributed by atoms with Crippen LogP contribution in [-0.2, 0) is 4.79 Å². The van der Waals surface area contributed by atoms with Crippen molar-refractivity contribution in [3.63, 3.8) is 0 Å². The van der Waals surface area contributed by atoms with Crippen LogP contribution in [0.5, 0.6) is 0 Å². The lowest BCUT2D eigenvalue weighted by atomic mass is 10.2. The van der Waals surface area contributed by atoms with Crippen molar-refractivity contribution in [2.45, 2.75) is 38.6 Å². The van der Waals surface area contributed by atoms with Crippen LogP contribution in [-0.4, -0.2) is 35.9 Å². The van der Waals surface area contributed by atoms with Gasteiger partial charge < -0.3 is 16.0 Å². The lowest BCUT2D eigenvalue weighted by Gasteiger charge is -2.10. The average molecular weight is 290 g/mol. The SMILES string of the molecule is CCCNc1ncccc1C(=O)NCCC(=O)NC1CC1. The first kappa shape index (κ1) is 15.3.